The Hall–Kier alpha value is -0.835. The summed E-state index contributed by atoms with van der Waals surface area (Å²) >= 11 is 0. The van der Waals surface area contributed by atoms with Crippen molar-refractivity contribution in [2.24, 2.45) is 0 Å². The molecule has 0 amide bonds. The molecule has 0 unspecified atom stereocenters. The molecular formula is C10H14BNO2. The molecule has 1 fully saturated rings. The summed E-state index contributed by atoms with van der Waals surface area (Å²) in [6.45, 7) is 3.34. The molecule has 0 aliphatic carbocycles. The average Bonchev–Trinajstić information content (AvgIpc) is 2.12. The minimum atomic E-state index is -1.35. The van der Waals surface area contributed by atoms with Crippen molar-refractivity contribution >= 4 is 12.6 Å². The van der Waals surface area contributed by atoms with Crippen LogP contribution < -0.4 is 5.46 Å². The maximum atomic E-state index is 8.90. The molecule has 1 aliphatic rings. The first-order valence-electron chi connectivity index (χ1n) is 4.93. The van der Waals surface area contributed by atoms with Gasteiger partial charge in [0.1, 0.15) is 0 Å². The second-order valence-corrected chi connectivity index (χ2v) is 3.74. The van der Waals surface area contributed by atoms with E-state index in [-0.39, 0.29) is 0 Å². The lowest BCUT2D eigenvalue weighted by molar-refractivity contribution is 0.172. The molecule has 0 bridgehead atoms. The van der Waals surface area contributed by atoms with Gasteiger partial charge in [-0.2, -0.15) is 0 Å². The Bertz CT molecular complexity index is 295. The maximum Gasteiger partial charge on any atom is 0.488 e. The summed E-state index contributed by atoms with van der Waals surface area (Å²) < 4.78 is 0. The fourth-order valence-corrected chi connectivity index (χ4v) is 1.59. The van der Waals surface area contributed by atoms with Crippen LogP contribution in [0.4, 0.5) is 0 Å². The van der Waals surface area contributed by atoms with E-state index in [0.717, 1.165) is 6.54 Å². The Balaban J connectivity index is 1.98. The molecule has 2 N–H and O–H groups in total. The smallest absolute Gasteiger partial charge is 0.423 e. The van der Waals surface area contributed by atoms with Crippen molar-refractivity contribution in [3.05, 3.63) is 29.8 Å². The van der Waals surface area contributed by atoms with Crippen LogP contribution in [0.1, 0.15) is 12.0 Å². The van der Waals surface area contributed by atoms with E-state index < -0.39 is 7.12 Å². The predicted molar refractivity (Wildman–Crippen MR) is 56.2 cm³/mol. The summed E-state index contributed by atoms with van der Waals surface area (Å²) in [7, 11) is -1.35. The third kappa shape index (κ3) is 2.15. The van der Waals surface area contributed by atoms with E-state index in [1.54, 1.807) is 12.1 Å². The van der Waals surface area contributed by atoms with Crippen molar-refractivity contribution in [3.63, 3.8) is 0 Å². The molecule has 1 aromatic rings. The molecule has 4 heteroatoms. The second kappa shape index (κ2) is 4.13. The summed E-state index contributed by atoms with van der Waals surface area (Å²) in [4.78, 5) is 2.37. The maximum absolute atomic E-state index is 8.90. The fraction of sp³-hybridized carbons (Fsp3) is 0.400. The van der Waals surface area contributed by atoms with Crippen LogP contribution >= 0.6 is 0 Å². The lowest BCUT2D eigenvalue weighted by Crippen LogP contribution is -2.36. The van der Waals surface area contributed by atoms with Crippen LogP contribution in [0.5, 0.6) is 0 Å². The van der Waals surface area contributed by atoms with Crippen molar-refractivity contribution in [1.82, 2.24) is 4.90 Å². The SMILES string of the molecule is OB(O)c1ccc(CN2CCC2)cc1. The van der Waals surface area contributed by atoms with Crippen LogP contribution in [0.2, 0.25) is 0 Å². The highest BCUT2D eigenvalue weighted by Crippen LogP contribution is 2.11. The molecule has 0 aromatic heterocycles. The molecule has 1 heterocycles. The van der Waals surface area contributed by atoms with Gasteiger partial charge >= 0.3 is 7.12 Å². The summed E-state index contributed by atoms with van der Waals surface area (Å²) in [5, 5.41) is 17.8. The van der Waals surface area contributed by atoms with E-state index in [4.69, 9.17) is 10.0 Å². The Morgan fingerprint density at radius 3 is 2.21 bits per heavy atom. The van der Waals surface area contributed by atoms with Gasteiger partial charge in [-0.15, -0.1) is 0 Å². The van der Waals surface area contributed by atoms with Gasteiger partial charge in [0.15, 0.2) is 0 Å². The van der Waals surface area contributed by atoms with Gasteiger partial charge in [-0.3, -0.25) is 4.90 Å². The van der Waals surface area contributed by atoms with Crippen LogP contribution in [-0.4, -0.2) is 35.2 Å². The van der Waals surface area contributed by atoms with Gasteiger partial charge in [-0.25, -0.2) is 0 Å². The van der Waals surface area contributed by atoms with Crippen molar-refractivity contribution in [2.75, 3.05) is 13.1 Å². The van der Waals surface area contributed by atoms with E-state index in [1.165, 1.54) is 25.1 Å². The summed E-state index contributed by atoms with van der Waals surface area (Å²) in [6.07, 6.45) is 1.30. The molecule has 0 spiro atoms. The topological polar surface area (TPSA) is 43.7 Å². The van der Waals surface area contributed by atoms with Crippen molar-refractivity contribution in [1.29, 1.82) is 0 Å². The van der Waals surface area contributed by atoms with Gasteiger partial charge in [0.25, 0.3) is 0 Å². The van der Waals surface area contributed by atoms with E-state index in [9.17, 15) is 0 Å². The van der Waals surface area contributed by atoms with Crippen LogP contribution in [0, 0.1) is 0 Å². The Labute approximate surface area is 84.1 Å². The van der Waals surface area contributed by atoms with E-state index in [0.29, 0.717) is 5.46 Å². The minimum Gasteiger partial charge on any atom is -0.423 e. The van der Waals surface area contributed by atoms with Crippen molar-refractivity contribution < 1.29 is 10.0 Å². The average molecular weight is 191 g/mol. The molecule has 0 atom stereocenters. The molecule has 14 heavy (non-hydrogen) atoms. The highest BCUT2D eigenvalue weighted by atomic mass is 16.4. The van der Waals surface area contributed by atoms with Gasteiger partial charge in [0, 0.05) is 6.54 Å². The second-order valence-electron chi connectivity index (χ2n) is 3.74. The van der Waals surface area contributed by atoms with Crippen molar-refractivity contribution in [3.8, 4) is 0 Å². The van der Waals surface area contributed by atoms with Gasteiger partial charge in [-0.1, -0.05) is 24.3 Å². The zero-order valence-electron chi connectivity index (χ0n) is 8.06. The van der Waals surface area contributed by atoms with E-state index >= 15 is 0 Å². The number of likely N-dealkylation sites (tertiary alicyclic amines) is 1. The van der Waals surface area contributed by atoms with Crippen LogP contribution in [-0.2, 0) is 6.54 Å². The van der Waals surface area contributed by atoms with Crippen molar-refractivity contribution in [2.45, 2.75) is 13.0 Å². The molecule has 2 rings (SSSR count). The minimum absolute atomic E-state index is 0.553. The lowest BCUT2D eigenvalue weighted by Gasteiger charge is -2.30. The Morgan fingerprint density at radius 2 is 1.79 bits per heavy atom. The predicted octanol–water partition coefficient (Wildman–Crippen LogP) is -0.428. The van der Waals surface area contributed by atoms with E-state index in [2.05, 4.69) is 4.90 Å². The summed E-state index contributed by atoms with van der Waals surface area (Å²) in [5.74, 6) is 0. The molecule has 0 radical (unpaired) electrons. The molecule has 1 saturated heterocycles. The Morgan fingerprint density at radius 1 is 1.14 bits per heavy atom. The number of hydrogen-bond acceptors (Lipinski definition) is 3. The molecule has 74 valence electrons. The molecule has 0 saturated carbocycles. The number of benzene rings is 1. The Kier molecular flexibility index (Phi) is 2.86. The lowest BCUT2D eigenvalue weighted by atomic mass is 9.80. The number of hydrogen-bond donors (Lipinski definition) is 2. The molecule has 1 aliphatic heterocycles. The zero-order chi connectivity index (χ0) is 9.97. The van der Waals surface area contributed by atoms with Gasteiger partial charge in [0.05, 0.1) is 0 Å². The molecule has 3 nitrogen and oxygen atoms in total. The first-order chi connectivity index (χ1) is 6.75. The van der Waals surface area contributed by atoms with E-state index in [1.807, 2.05) is 12.1 Å². The third-order valence-electron chi connectivity index (χ3n) is 2.63. The largest absolute Gasteiger partial charge is 0.488 e. The van der Waals surface area contributed by atoms with Crippen LogP contribution in [0.15, 0.2) is 24.3 Å². The number of nitrogens with zero attached hydrogens (tertiary/aromatic N) is 1. The van der Waals surface area contributed by atoms with Gasteiger partial charge < -0.3 is 10.0 Å². The standard InChI is InChI=1S/C10H14BNO2/c13-11(14)10-4-2-9(3-5-10)8-12-6-1-7-12/h2-5,13-14H,1,6-8H2. The molecule has 1 aromatic carbocycles. The van der Waals surface area contributed by atoms with Gasteiger partial charge in [0.2, 0.25) is 0 Å². The van der Waals surface area contributed by atoms with Gasteiger partial charge in [-0.05, 0) is 30.5 Å². The summed E-state index contributed by atoms with van der Waals surface area (Å²) in [5.41, 5.74) is 1.78. The third-order valence-corrected chi connectivity index (χ3v) is 2.63. The zero-order valence-corrected chi connectivity index (χ0v) is 8.06. The molecular weight excluding hydrogens is 177 g/mol. The highest BCUT2D eigenvalue weighted by Gasteiger charge is 2.14. The normalized spacial score (nSPS) is 16.4. The first kappa shape index (κ1) is 9.71. The van der Waals surface area contributed by atoms with Crippen LogP contribution in [0.25, 0.3) is 0 Å². The quantitative estimate of drug-likeness (QED) is 0.637. The fourth-order valence-electron chi connectivity index (χ4n) is 1.59. The van der Waals surface area contributed by atoms with Crippen LogP contribution in [0.3, 0.4) is 0 Å². The monoisotopic (exact) mass is 191 g/mol. The first-order valence-corrected chi connectivity index (χ1v) is 4.93. The highest BCUT2D eigenvalue weighted by molar-refractivity contribution is 6.58. The number of rotatable bonds is 3. The summed E-state index contributed by atoms with van der Waals surface area (Å²) in [6, 6.07) is 7.43.